The summed E-state index contributed by atoms with van der Waals surface area (Å²) in [7, 11) is 2.20. The Balaban J connectivity index is 4.07. The Bertz CT molecular complexity index is 271. The second-order valence-electron chi connectivity index (χ2n) is 2.74. The fraction of sp³-hybridized carbons (Fsp3) is 0.625. The van der Waals surface area contributed by atoms with Crippen molar-refractivity contribution in [1.29, 1.82) is 0 Å². The fourth-order valence-electron chi connectivity index (χ4n) is 0.804. The number of aliphatic carboxylic acids is 2. The Morgan fingerprint density at radius 1 is 1.31 bits per heavy atom. The van der Waals surface area contributed by atoms with E-state index in [9.17, 15) is 14.4 Å². The number of hydrogen-bond donors (Lipinski definition) is 3. The molecule has 92 valence electrons. The molecule has 0 aliphatic heterocycles. The Kier molecular flexibility index (Phi) is 7.82. The van der Waals surface area contributed by atoms with Crippen molar-refractivity contribution in [2.75, 3.05) is 5.75 Å². The molecule has 16 heavy (non-hydrogen) atoms. The zero-order valence-electron chi connectivity index (χ0n) is 8.63. The maximum absolute atomic E-state index is 11.2. The molecule has 0 aromatic heterocycles. The predicted molar refractivity (Wildman–Crippen MR) is 62.5 cm³/mol. The van der Waals surface area contributed by atoms with Crippen molar-refractivity contribution in [2.24, 2.45) is 0 Å². The molecule has 0 aliphatic rings. The Hall–Kier alpha value is -0.890. The third-order valence-corrected chi connectivity index (χ3v) is 3.63. The summed E-state index contributed by atoms with van der Waals surface area (Å²) in [5, 5.41) is 18.9. The third kappa shape index (κ3) is 7.41. The Labute approximate surface area is 101 Å². The van der Waals surface area contributed by atoms with E-state index in [-0.39, 0.29) is 12.8 Å². The van der Waals surface area contributed by atoms with Gasteiger partial charge in [0.25, 0.3) is 5.24 Å². The van der Waals surface area contributed by atoms with Gasteiger partial charge in [0.2, 0.25) is 0 Å². The molecule has 1 atom stereocenters. The van der Waals surface area contributed by atoms with Crippen LogP contribution in [0, 0.1) is 0 Å². The van der Waals surface area contributed by atoms with Crippen molar-refractivity contribution in [1.82, 2.24) is 5.32 Å². The fourth-order valence-corrected chi connectivity index (χ4v) is 2.04. The van der Waals surface area contributed by atoms with Crippen LogP contribution in [-0.2, 0) is 9.59 Å². The quantitative estimate of drug-likeness (QED) is 0.599. The lowest BCUT2D eigenvalue weighted by Gasteiger charge is -2.12. The minimum absolute atomic E-state index is 0.117. The number of carbonyl (C=O) groups is 3. The lowest BCUT2D eigenvalue weighted by Crippen LogP contribution is -2.39. The highest BCUT2D eigenvalue weighted by Gasteiger charge is 2.20. The van der Waals surface area contributed by atoms with Crippen LogP contribution in [-0.4, -0.2) is 39.2 Å². The van der Waals surface area contributed by atoms with E-state index < -0.39 is 23.2 Å². The highest BCUT2D eigenvalue weighted by molar-refractivity contribution is 8.82. The standard InChI is InChI=1S/C8H13NO5S2/c1-2-15-16-8(14)9-5(7(12)13)3-4-6(10)11/h5H,2-4H2,1H3,(H,9,14)(H,10,11)(H,12,13). The van der Waals surface area contributed by atoms with Gasteiger partial charge in [-0.1, -0.05) is 17.7 Å². The first-order valence-corrected chi connectivity index (χ1v) is 6.83. The molecular weight excluding hydrogens is 254 g/mol. The summed E-state index contributed by atoms with van der Waals surface area (Å²) < 4.78 is 0. The van der Waals surface area contributed by atoms with E-state index >= 15 is 0 Å². The molecule has 1 amide bonds. The largest absolute Gasteiger partial charge is 0.481 e. The van der Waals surface area contributed by atoms with Crippen molar-refractivity contribution < 1.29 is 24.6 Å². The number of carboxylic acids is 2. The van der Waals surface area contributed by atoms with E-state index in [0.29, 0.717) is 0 Å². The van der Waals surface area contributed by atoms with Crippen LogP contribution in [0.5, 0.6) is 0 Å². The predicted octanol–water partition coefficient (Wildman–Crippen LogP) is 1.42. The van der Waals surface area contributed by atoms with Crippen molar-refractivity contribution in [3.63, 3.8) is 0 Å². The van der Waals surface area contributed by atoms with Gasteiger partial charge in [0.1, 0.15) is 6.04 Å². The van der Waals surface area contributed by atoms with E-state index in [1.807, 2.05) is 6.92 Å². The van der Waals surface area contributed by atoms with Gasteiger partial charge >= 0.3 is 11.9 Å². The number of carboxylic acid groups (broad SMARTS) is 2. The molecule has 1 unspecified atom stereocenters. The van der Waals surface area contributed by atoms with Crippen LogP contribution in [0.1, 0.15) is 19.8 Å². The van der Waals surface area contributed by atoms with E-state index in [0.717, 1.165) is 16.5 Å². The molecule has 3 N–H and O–H groups in total. The molecule has 8 heteroatoms. The van der Waals surface area contributed by atoms with Crippen LogP contribution in [0.4, 0.5) is 4.79 Å². The van der Waals surface area contributed by atoms with Gasteiger partial charge in [-0.3, -0.25) is 9.59 Å². The minimum Gasteiger partial charge on any atom is -0.481 e. The van der Waals surface area contributed by atoms with Gasteiger partial charge in [-0.15, -0.1) is 0 Å². The van der Waals surface area contributed by atoms with Crippen molar-refractivity contribution >= 4 is 38.8 Å². The topological polar surface area (TPSA) is 104 Å². The van der Waals surface area contributed by atoms with Gasteiger partial charge < -0.3 is 15.5 Å². The molecule has 0 saturated carbocycles. The molecule has 0 heterocycles. The van der Waals surface area contributed by atoms with E-state index in [4.69, 9.17) is 10.2 Å². The van der Waals surface area contributed by atoms with Crippen LogP contribution in [0.3, 0.4) is 0 Å². The third-order valence-electron chi connectivity index (χ3n) is 1.49. The number of carbonyl (C=O) groups excluding carboxylic acids is 1. The molecule has 0 bridgehead atoms. The Morgan fingerprint density at radius 3 is 2.38 bits per heavy atom. The lowest BCUT2D eigenvalue weighted by molar-refractivity contribution is -0.140. The Morgan fingerprint density at radius 2 is 1.94 bits per heavy atom. The molecular formula is C8H13NO5S2. The normalized spacial score (nSPS) is 11.8. The summed E-state index contributed by atoms with van der Waals surface area (Å²) in [6.45, 7) is 1.87. The van der Waals surface area contributed by atoms with Crippen LogP contribution < -0.4 is 5.32 Å². The molecule has 0 aromatic rings. The zero-order valence-corrected chi connectivity index (χ0v) is 10.3. The maximum atomic E-state index is 11.2. The van der Waals surface area contributed by atoms with Gasteiger partial charge in [-0.25, -0.2) is 4.79 Å². The average molecular weight is 267 g/mol. The van der Waals surface area contributed by atoms with Crippen molar-refractivity contribution in [3.8, 4) is 0 Å². The zero-order chi connectivity index (χ0) is 12.6. The highest BCUT2D eigenvalue weighted by Crippen LogP contribution is 2.21. The van der Waals surface area contributed by atoms with E-state index in [2.05, 4.69) is 5.32 Å². The first-order valence-electron chi connectivity index (χ1n) is 4.52. The smallest absolute Gasteiger partial charge is 0.326 e. The first kappa shape index (κ1) is 15.1. The maximum Gasteiger partial charge on any atom is 0.326 e. The SMILES string of the molecule is CCSSC(=O)NC(CCC(=O)O)C(=O)O. The number of amides is 1. The molecule has 0 fully saturated rings. The molecule has 0 aliphatic carbocycles. The molecule has 6 nitrogen and oxygen atoms in total. The van der Waals surface area contributed by atoms with E-state index in [1.54, 1.807) is 0 Å². The molecule has 0 aromatic carbocycles. The molecule has 0 radical (unpaired) electrons. The summed E-state index contributed by atoms with van der Waals surface area (Å²) in [5.41, 5.74) is 0. The van der Waals surface area contributed by atoms with Crippen LogP contribution >= 0.6 is 21.6 Å². The summed E-state index contributed by atoms with van der Waals surface area (Å²) in [6.07, 6.45) is -0.406. The summed E-state index contributed by atoms with van der Waals surface area (Å²) in [6, 6.07) is -1.14. The minimum atomic E-state index is -1.23. The number of hydrogen-bond acceptors (Lipinski definition) is 5. The summed E-state index contributed by atoms with van der Waals surface area (Å²) in [5.74, 6) is -1.59. The van der Waals surface area contributed by atoms with Crippen LogP contribution in [0.2, 0.25) is 0 Å². The first-order chi connectivity index (χ1) is 7.47. The van der Waals surface area contributed by atoms with Gasteiger partial charge in [0, 0.05) is 23.0 Å². The summed E-state index contributed by atoms with van der Waals surface area (Å²) >= 11 is 0. The number of rotatable bonds is 7. The van der Waals surface area contributed by atoms with Gasteiger partial charge in [0.05, 0.1) is 0 Å². The van der Waals surface area contributed by atoms with Crippen LogP contribution in [0.25, 0.3) is 0 Å². The molecule has 0 saturated heterocycles. The van der Waals surface area contributed by atoms with Crippen LogP contribution in [0.15, 0.2) is 0 Å². The molecule has 0 spiro atoms. The average Bonchev–Trinajstić information content (AvgIpc) is 2.20. The lowest BCUT2D eigenvalue weighted by atomic mass is 10.1. The number of nitrogens with one attached hydrogen (secondary N) is 1. The monoisotopic (exact) mass is 267 g/mol. The van der Waals surface area contributed by atoms with Crippen molar-refractivity contribution in [2.45, 2.75) is 25.8 Å². The second kappa shape index (κ2) is 8.28. The highest BCUT2D eigenvalue weighted by atomic mass is 33.1. The van der Waals surface area contributed by atoms with Gasteiger partial charge in [0.15, 0.2) is 0 Å². The van der Waals surface area contributed by atoms with Gasteiger partial charge in [-0.05, 0) is 6.42 Å². The molecule has 0 rings (SSSR count). The summed E-state index contributed by atoms with van der Waals surface area (Å²) in [4.78, 5) is 32.1. The van der Waals surface area contributed by atoms with E-state index in [1.165, 1.54) is 10.8 Å². The van der Waals surface area contributed by atoms with Gasteiger partial charge in [-0.2, -0.15) is 0 Å². The van der Waals surface area contributed by atoms with Crippen molar-refractivity contribution in [3.05, 3.63) is 0 Å². The second-order valence-corrected chi connectivity index (χ2v) is 5.30.